The third-order valence-electron chi connectivity index (χ3n) is 4.41. The maximum absolute atomic E-state index is 12.7. The summed E-state index contributed by atoms with van der Waals surface area (Å²) in [5.41, 5.74) is 0. The summed E-state index contributed by atoms with van der Waals surface area (Å²) in [6.45, 7) is 3.77. The molecule has 3 heterocycles. The summed E-state index contributed by atoms with van der Waals surface area (Å²) in [7, 11) is 0. The molecule has 0 N–H and O–H groups in total. The van der Waals surface area contributed by atoms with Gasteiger partial charge in [0.1, 0.15) is 12.4 Å². The molecular formula is C16H21N5O4. The third kappa shape index (κ3) is 3.70. The molecule has 1 aromatic rings. The van der Waals surface area contributed by atoms with Crippen LogP contribution in [0.2, 0.25) is 0 Å². The fraction of sp³-hybridized carbons (Fsp3) is 0.562. The molecule has 0 bridgehead atoms. The second-order valence-electron chi connectivity index (χ2n) is 6.00. The van der Waals surface area contributed by atoms with Gasteiger partial charge in [0.05, 0.1) is 6.54 Å². The van der Waals surface area contributed by atoms with E-state index >= 15 is 0 Å². The quantitative estimate of drug-likeness (QED) is 0.721. The average Bonchev–Trinajstić information content (AvgIpc) is 2.64. The first-order valence-electron chi connectivity index (χ1n) is 8.42. The van der Waals surface area contributed by atoms with Crippen molar-refractivity contribution in [2.75, 3.05) is 32.7 Å². The van der Waals surface area contributed by atoms with Crippen LogP contribution in [0.25, 0.3) is 0 Å². The van der Waals surface area contributed by atoms with Crippen molar-refractivity contribution in [2.45, 2.75) is 25.9 Å². The van der Waals surface area contributed by atoms with Crippen molar-refractivity contribution >= 4 is 17.8 Å². The highest BCUT2D eigenvalue weighted by molar-refractivity contribution is 6.38. The van der Waals surface area contributed by atoms with Crippen molar-refractivity contribution in [1.29, 1.82) is 0 Å². The maximum Gasteiger partial charge on any atom is 0.327 e. The lowest BCUT2D eigenvalue weighted by Gasteiger charge is -2.38. The van der Waals surface area contributed by atoms with Crippen molar-refractivity contribution in [3.63, 3.8) is 0 Å². The SMILES string of the molecule is CCN1CCN(C(=O)N2CCC[C@H](Oc3ccncn3)C2)C(=O)C1=O. The molecule has 0 aromatic carbocycles. The van der Waals surface area contributed by atoms with E-state index in [0.717, 1.165) is 17.7 Å². The summed E-state index contributed by atoms with van der Waals surface area (Å²) < 4.78 is 5.78. The normalized spacial score (nSPS) is 21.5. The number of nitrogens with zero attached hydrogens (tertiary/aromatic N) is 5. The number of likely N-dealkylation sites (N-methyl/N-ethyl adjacent to an activating group) is 1. The molecule has 0 unspecified atom stereocenters. The number of rotatable bonds is 3. The van der Waals surface area contributed by atoms with Gasteiger partial charge < -0.3 is 14.5 Å². The van der Waals surface area contributed by atoms with Crippen LogP contribution in [0, 0.1) is 0 Å². The number of carbonyl (C=O) groups is 3. The minimum atomic E-state index is -0.753. The van der Waals surface area contributed by atoms with Gasteiger partial charge >= 0.3 is 17.8 Å². The number of aromatic nitrogens is 2. The van der Waals surface area contributed by atoms with Gasteiger partial charge in [-0.2, -0.15) is 0 Å². The minimum absolute atomic E-state index is 0.199. The largest absolute Gasteiger partial charge is 0.472 e. The van der Waals surface area contributed by atoms with Crippen LogP contribution < -0.4 is 4.74 Å². The van der Waals surface area contributed by atoms with Crippen molar-refractivity contribution in [3.05, 3.63) is 18.6 Å². The van der Waals surface area contributed by atoms with Gasteiger partial charge in [-0.3, -0.25) is 14.5 Å². The van der Waals surface area contributed by atoms with Crippen LogP contribution in [0.1, 0.15) is 19.8 Å². The summed E-state index contributed by atoms with van der Waals surface area (Å²) in [4.78, 5) is 48.8. The lowest BCUT2D eigenvalue weighted by atomic mass is 10.1. The van der Waals surface area contributed by atoms with Crippen LogP contribution >= 0.6 is 0 Å². The Kier molecular flexibility index (Phi) is 5.11. The maximum atomic E-state index is 12.7. The number of ether oxygens (including phenoxy) is 1. The molecule has 2 aliphatic heterocycles. The van der Waals surface area contributed by atoms with Crippen LogP contribution in [0.15, 0.2) is 18.6 Å². The predicted molar refractivity (Wildman–Crippen MR) is 86.6 cm³/mol. The Morgan fingerprint density at radius 2 is 2.12 bits per heavy atom. The van der Waals surface area contributed by atoms with E-state index in [1.54, 1.807) is 17.2 Å². The number of likely N-dealkylation sites (tertiary alicyclic amines) is 1. The van der Waals surface area contributed by atoms with E-state index in [1.165, 1.54) is 11.2 Å². The highest BCUT2D eigenvalue weighted by Crippen LogP contribution is 2.18. The molecule has 4 amide bonds. The lowest BCUT2D eigenvalue weighted by molar-refractivity contribution is -0.154. The fourth-order valence-electron chi connectivity index (χ4n) is 3.06. The molecule has 0 radical (unpaired) electrons. The molecule has 25 heavy (non-hydrogen) atoms. The molecular weight excluding hydrogens is 326 g/mol. The first kappa shape index (κ1) is 17.1. The number of amides is 4. The van der Waals surface area contributed by atoms with Gasteiger partial charge in [-0.25, -0.2) is 14.8 Å². The van der Waals surface area contributed by atoms with Crippen molar-refractivity contribution in [2.24, 2.45) is 0 Å². The molecule has 9 heteroatoms. The molecule has 9 nitrogen and oxygen atoms in total. The molecule has 0 aliphatic carbocycles. The summed E-state index contributed by atoms with van der Waals surface area (Å²) >= 11 is 0. The molecule has 2 saturated heterocycles. The van der Waals surface area contributed by atoms with Crippen LogP contribution in [0.4, 0.5) is 4.79 Å². The number of piperidine rings is 1. The monoisotopic (exact) mass is 347 g/mol. The van der Waals surface area contributed by atoms with E-state index in [-0.39, 0.29) is 12.6 Å². The molecule has 2 aliphatic rings. The van der Waals surface area contributed by atoms with E-state index < -0.39 is 17.8 Å². The van der Waals surface area contributed by atoms with E-state index in [1.807, 2.05) is 6.92 Å². The number of urea groups is 1. The summed E-state index contributed by atoms with van der Waals surface area (Å²) in [6, 6.07) is 1.23. The van der Waals surface area contributed by atoms with Crippen LogP contribution in [0.3, 0.4) is 0 Å². The number of piperazine rings is 1. The summed E-state index contributed by atoms with van der Waals surface area (Å²) in [6.07, 6.45) is 4.35. The van der Waals surface area contributed by atoms with E-state index in [2.05, 4.69) is 9.97 Å². The number of hydrogen-bond donors (Lipinski definition) is 0. The topological polar surface area (TPSA) is 95.9 Å². The standard InChI is InChI=1S/C16H21N5O4/c1-2-19-8-9-21(15(23)14(19)22)16(24)20-7-3-4-12(10-20)25-13-5-6-17-11-18-13/h5-6,11-12H,2-4,7-10H2,1H3/t12-/m0/s1. The van der Waals surface area contributed by atoms with Gasteiger partial charge in [-0.15, -0.1) is 0 Å². The fourth-order valence-corrected chi connectivity index (χ4v) is 3.06. The first-order chi connectivity index (χ1) is 12.1. The van der Waals surface area contributed by atoms with Crippen LogP contribution in [0.5, 0.6) is 5.88 Å². The van der Waals surface area contributed by atoms with E-state index in [9.17, 15) is 14.4 Å². The summed E-state index contributed by atoms with van der Waals surface area (Å²) in [5.74, 6) is -0.915. The Morgan fingerprint density at radius 1 is 1.28 bits per heavy atom. The van der Waals surface area contributed by atoms with Gasteiger partial charge in [-0.1, -0.05) is 0 Å². The molecule has 0 saturated carbocycles. The van der Waals surface area contributed by atoms with E-state index in [0.29, 0.717) is 32.1 Å². The molecule has 3 rings (SSSR count). The molecule has 1 aromatic heterocycles. The Balaban J connectivity index is 1.62. The zero-order valence-electron chi connectivity index (χ0n) is 14.1. The Labute approximate surface area is 145 Å². The Hall–Kier alpha value is -2.71. The van der Waals surface area contributed by atoms with Crippen molar-refractivity contribution in [3.8, 4) is 5.88 Å². The molecule has 2 fully saturated rings. The Bertz CT molecular complexity index is 653. The predicted octanol–water partition coefficient (Wildman–Crippen LogP) is 0.131. The molecule has 0 spiro atoms. The molecule has 134 valence electrons. The average molecular weight is 347 g/mol. The lowest BCUT2D eigenvalue weighted by Crippen LogP contribution is -2.60. The van der Waals surface area contributed by atoms with Crippen molar-refractivity contribution < 1.29 is 19.1 Å². The van der Waals surface area contributed by atoms with E-state index in [4.69, 9.17) is 4.74 Å². The second-order valence-corrected chi connectivity index (χ2v) is 6.00. The smallest absolute Gasteiger partial charge is 0.327 e. The Morgan fingerprint density at radius 3 is 2.84 bits per heavy atom. The number of imide groups is 1. The van der Waals surface area contributed by atoms with Gasteiger partial charge in [0.25, 0.3) is 0 Å². The number of carbonyl (C=O) groups excluding carboxylic acids is 3. The minimum Gasteiger partial charge on any atom is -0.472 e. The van der Waals surface area contributed by atoms with Crippen molar-refractivity contribution in [1.82, 2.24) is 24.7 Å². The second kappa shape index (κ2) is 7.45. The van der Waals surface area contributed by atoms with Gasteiger partial charge in [0, 0.05) is 38.4 Å². The highest BCUT2D eigenvalue weighted by atomic mass is 16.5. The van der Waals surface area contributed by atoms with Crippen LogP contribution in [-0.2, 0) is 9.59 Å². The highest BCUT2D eigenvalue weighted by Gasteiger charge is 2.38. The van der Waals surface area contributed by atoms with Gasteiger partial charge in [0.15, 0.2) is 0 Å². The van der Waals surface area contributed by atoms with Gasteiger partial charge in [-0.05, 0) is 19.8 Å². The first-order valence-corrected chi connectivity index (χ1v) is 8.42. The van der Waals surface area contributed by atoms with Crippen LogP contribution in [-0.4, -0.2) is 81.3 Å². The zero-order valence-corrected chi connectivity index (χ0v) is 14.1. The zero-order chi connectivity index (χ0) is 17.8. The third-order valence-corrected chi connectivity index (χ3v) is 4.41. The number of hydrogen-bond acceptors (Lipinski definition) is 6. The van der Waals surface area contributed by atoms with Gasteiger partial charge in [0.2, 0.25) is 5.88 Å². The summed E-state index contributed by atoms with van der Waals surface area (Å²) in [5, 5.41) is 0. The molecule has 1 atom stereocenters.